The zero-order chi connectivity index (χ0) is 14.1. The standard InChI is InChI=1S/C15H20N4OS/c1(5-19-9-11-7-16-8-12(11)10-19)4-14-17-15(18-20-14)13-3-2-6-21-13/h2-3,6,11-12,16H,1,4-5,7-10H2/t11-,12+. The highest BCUT2D eigenvalue weighted by molar-refractivity contribution is 7.13. The summed E-state index contributed by atoms with van der Waals surface area (Å²) in [6.45, 7) is 6.05. The number of thiophene rings is 1. The fraction of sp³-hybridized carbons (Fsp3) is 0.600. The predicted molar refractivity (Wildman–Crippen MR) is 82.2 cm³/mol. The monoisotopic (exact) mass is 304 g/mol. The molecule has 0 radical (unpaired) electrons. The van der Waals surface area contributed by atoms with E-state index in [4.69, 9.17) is 4.52 Å². The molecular weight excluding hydrogens is 284 g/mol. The number of hydrogen-bond acceptors (Lipinski definition) is 6. The Morgan fingerprint density at radius 3 is 2.95 bits per heavy atom. The van der Waals surface area contributed by atoms with Gasteiger partial charge < -0.3 is 14.7 Å². The molecule has 2 aromatic heterocycles. The molecule has 0 amide bonds. The molecule has 6 heteroatoms. The number of likely N-dealkylation sites (tertiary alicyclic amines) is 1. The lowest BCUT2D eigenvalue weighted by atomic mass is 10.0. The van der Waals surface area contributed by atoms with E-state index in [9.17, 15) is 0 Å². The highest BCUT2D eigenvalue weighted by Crippen LogP contribution is 2.26. The average Bonchev–Trinajstić information content (AvgIpc) is 3.23. The van der Waals surface area contributed by atoms with Gasteiger partial charge in [-0.3, -0.25) is 0 Å². The number of rotatable bonds is 5. The number of nitrogens with zero attached hydrogens (tertiary/aromatic N) is 3. The molecule has 2 fully saturated rings. The molecule has 0 unspecified atom stereocenters. The SMILES string of the molecule is c1csc(-c2noc(CCCN3C[C@H]4CNC[C@H]4C3)n2)c1. The fourth-order valence-electron chi connectivity index (χ4n) is 3.45. The van der Waals surface area contributed by atoms with Crippen LogP contribution in [0.2, 0.25) is 0 Å². The first-order chi connectivity index (χ1) is 10.4. The summed E-state index contributed by atoms with van der Waals surface area (Å²) in [5.74, 6) is 3.24. The first-order valence-electron chi connectivity index (χ1n) is 7.68. The van der Waals surface area contributed by atoms with E-state index in [2.05, 4.69) is 20.4 Å². The Bertz CT molecular complexity index is 570. The molecule has 4 rings (SSSR count). The zero-order valence-electron chi connectivity index (χ0n) is 12.0. The fourth-order valence-corrected chi connectivity index (χ4v) is 4.10. The average molecular weight is 304 g/mol. The molecule has 2 aliphatic rings. The van der Waals surface area contributed by atoms with Crippen LogP contribution in [0.25, 0.3) is 10.7 Å². The van der Waals surface area contributed by atoms with Crippen molar-refractivity contribution in [1.29, 1.82) is 0 Å². The first kappa shape index (κ1) is 13.4. The molecule has 112 valence electrons. The van der Waals surface area contributed by atoms with Crippen LogP contribution >= 0.6 is 11.3 Å². The van der Waals surface area contributed by atoms with Crippen molar-refractivity contribution in [1.82, 2.24) is 20.4 Å². The maximum absolute atomic E-state index is 5.34. The van der Waals surface area contributed by atoms with Crippen LogP contribution in [0.5, 0.6) is 0 Å². The lowest BCUT2D eigenvalue weighted by molar-refractivity contribution is 0.299. The van der Waals surface area contributed by atoms with Gasteiger partial charge in [0.2, 0.25) is 11.7 Å². The van der Waals surface area contributed by atoms with Crippen LogP contribution in [-0.2, 0) is 6.42 Å². The summed E-state index contributed by atoms with van der Waals surface area (Å²) in [4.78, 5) is 8.14. The Kier molecular flexibility index (Phi) is 3.75. The predicted octanol–water partition coefficient (Wildman–Crippen LogP) is 1.88. The summed E-state index contributed by atoms with van der Waals surface area (Å²) in [5, 5.41) is 9.57. The van der Waals surface area contributed by atoms with Crippen molar-refractivity contribution in [2.45, 2.75) is 12.8 Å². The summed E-state index contributed by atoms with van der Waals surface area (Å²) in [7, 11) is 0. The third kappa shape index (κ3) is 2.88. The van der Waals surface area contributed by atoms with E-state index < -0.39 is 0 Å². The minimum absolute atomic E-state index is 0.724. The molecular formula is C15H20N4OS. The van der Waals surface area contributed by atoms with Crippen molar-refractivity contribution < 1.29 is 4.52 Å². The van der Waals surface area contributed by atoms with Crippen LogP contribution in [-0.4, -0.2) is 47.8 Å². The Balaban J connectivity index is 1.26. The molecule has 0 aliphatic carbocycles. The van der Waals surface area contributed by atoms with E-state index >= 15 is 0 Å². The molecule has 4 heterocycles. The van der Waals surface area contributed by atoms with Crippen molar-refractivity contribution in [2.24, 2.45) is 11.8 Å². The van der Waals surface area contributed by atoms with Crippen LogP contribution in [0.1, 0.15) is 12.3 Å². The third-order valence-corrected chi connectivity index (χ3v) is 5.41. The first-order valence-corrected chi connectivity index (χ1v) is 8.56. The van der Waals surface area contributed by atoms with Crippen LogP contribution in [0.15, 0.2) is 22.0 Å². The molecule has 0 spiro atoms. The van der Waals surface area contributed by atoms with Gasteiger partial charge in [0, 0.05) is 19.5 Å². The number of nitrogens with one attached hydrogen (secondary N) is 1. The lowest BCUT2D eigenvalue weighted by Crippen LogP contribution is -2.27. The second-order valence-corrected chi connectivity index (χ2v) is 6.98. The minimum Gasteiger partial charge on any atom is -0.339 e. The van der Waals surface area contributed by atoms with Crippen molar-refractivity contribution in [3.8, 4) is 10.7 Å². The van der Waals surface area contributed by atoms with Crippen LogP contribution in [0.3, 0.4) is 0 Å². The molecule has 2 atom stereocenters. The minimum atomic E-state index is 0.724. The molecule has 1 N–H and O–H groups in total. The van der Waals surface area contributed by atoms with Crippen molar-refractivity contribution >= 4 is 11.3 Å². The van der Waals surface area contributed by atoms with Crippen LogP contribution in [0.4, 0.5) is 0 Å². The second kappa shape index (κ2) is 5.87. The van der Waals surface area contributed by atoms with E-state index in [0.29, 0.717) is 0 Å². The van der Waals surface area contributed by atoms with Gasteiger partial charge in [0.05, 0.1) is 4.88 Å². The molecule has 5 nitrogen and oxygen atoms in total. The van der Waals surface area contributed by atoms with Gasteiger partial charge >= 0.3 is 0 Å². The molecule has 0 bridgehead atoms. The van der Waals surface area contributed by atoms with Crippen molar-refractivity contribution in [3.63, 3.8) is 0 Å². The van der Waals surface area contributed by atoms with E-state index in [1.54, 1.807) is 11.3 Å². The van der Waals surface area contributed by atoms with Gasteiger partial charge in [0.1, 0.15) is 0 Å². The number of fused-ring (bicyclic) bond motifs is 1. The maximum atomic E-state index is 5.34. The van der Waals surface area contributed by atoms with Crippen molar-refractivity contribution in [2.75, 3.05) is 32.7 Å². The van der Waals surface area contributed by atoms with E-state index in [0.717, 1.165) is 47.8 Å². The largest absolute Gasteiger partial charge is 0.339 e. The lowest BCUT2D eigenvalue weighted by Gasteiger charge is -2.15. The smallest absolute Gasteiger partial charge is 0.227 e. The molecule has 2 saturated heterocycles. The summed E-state index contributed by atoms with van der Waals surface area (Å²) < 4.78 is 5.34. The van der Waals surface area contributed by atoms with E-state index in [-0.39, 0.29) is 0 Å². The molecule has 2 aromatic rings. The highest BCUT2D eigenvalue weighted by atomic mass is 32.1. The van der Waals surface area contributed by atoms with Gasteiger partial charge in [0.25, 0.3) is 0 Å². The Morgan fingerprint density at radius 1 is 1.33 bits per heavy atom. The van der Waals surface area contributed by atoms with Crippen LogP contribution < -0.4 is 5.32 Å². The third-order valence-electron chi connectivity index (χ3n) is 4.54. The van der Waals surface area contributed by atoms with Crippen molar-refractivity contribution in [3.05, 3.63) is 23.4 Å². The van der Waals surface area contributed by atoms with Crippen LogP contribution in [0, 0.1) is 11.8 Å². The van der Waals surface area contributed by atoms with Gasteiger partial charge in [-0.05, 0) is 49.3 Å². The van der Waals surface area contributed by atoms with E-state index in [1.807, 2.05) is 17.5 Å². The number of aromatic nitrogens is 2. The highest BCUT2D eigenvalue weighted by Gasteiger charge is 2.35. The normalized spacial score (nSPS) is 25.5. The Morgan fingerprint density at radius 2 is 2.19 bits per heavy atom. The van der Waals surface area contributed by atoms with Gasteiger partial charge in [-0.15, -0.1) is 11.3 Å². The molecule has 21 heavy (non-hydrogen) atoms. The Labute approximate surface area is 128 Å². The molecule has 0 aromatic carbocycles. The Hall–Kier alpha value is -1.24. The number of aryl methyl sites for hydroxylation is 1. The topological polar surface area (TPSA) is 54.2 Å². The van der Waals surface area contributed by atoms with Gasteiger partial charge in [-0.25, -0.2) is 0 Å². The summed E-state index contributed by atoms with van der Waals surface area (Å²) >= 11 is 1.64. The molecule has 2 aliphatic heterocycles. The summed E-state index contributed by atoms with van der Waals surface area (Å²) in [5.41, 5.74) is 0. The van der Waals surface area contributed by atoms with E-state index in [1.165, 1.54) is 26.2 Å². The zero-order valence-corrected chi connectivity index (χ0v) is 12.8. The maximum Gasteiger partial charge on any atom is 0.227 e. The van der Waals surface area contributed by atoms with Gasteiger partial charge in [-0.2, -0.15) is 4.98 Å². The summed E-state index contributed by atoms with van der Waals surface area (Å²) in [6.07, 6.45) is 1.97. The van der Waals surface area contributed by atoms with Gasteiger partial charge in [0.15, 0.2) is 0 Å². The van der Waals surface area contributed by atoms with Gasteiger partial charge in [-0.1, -0.05) is 11.2 Å². The quantitative estimate of drug-likeness (QED) is 0.914. The second-order valence-electron chi connectivity index (χ2n) is 6.03. The number of hydrogen-bond donors (Lipinski definition) is 1. The summed E-state index contributed by atoms with van der Waals surface area (Å²) in [6, 6.07) is 4.03. The molecule has 0 saturated carbocycles.